The lowest BCUT2D eigenvalue weighted by Crippen LogP contribution is -2.34. The number of hydrogen-bond donors (Lipinski definition) is 2. The fourth-order valence-electron chi connectivity index (χ4n) is 2.23. The van der Waals surface area contributed by atoms with Crippen LogP contribution in [0.2, 0.25) is 0 Å². The minimum atomic E-state index is -5.79. The number of methoxy groups -OCH3 is 1. The summed E-state index contributed by atoms with van der Waals surface area (Å²) in [6, 6.07) is 7.94. The molecule has 0 saturated heterocycles. The van der Waals surface area contributed by atoms with Crippen LogP contribution in [0, 0.1) is 3.57 Å². The van der Waals surface area contributed by atoms with Crippen molar-refractivity contribution in [3.63, 3.8) is 0 Å². The van der Waals surface area contributed by atoms with Gasteiger partial charge in [0.15, 0.2) is 18.1 Å². The third-order valence-electron chi connectivity index (χ3n) is 3.79. The predicted octanol–water partition coefficient (Wildman–Crippen LogP) is 3.00. The highest BCUT2D eigenvalue weighted by Gasteiger charge is 2.45. The van der Waals surface area contributed by atoms with Crippen LogP contribution in [0.4, 0.5) is 8.78 Å². The largest absolute Gasteiger partial charge is 0.504 e. The molecule has 0 radical (unpaired) electrons. The third-order valence-corrected chi connectivity index (χ3v) is 5.49. The van der Waals surface area contributed by atoms with Crippen molar-refractivity contribution >= 4 is 44.6 Å². The first-order valence-corrected chi connectivity index (χ1v) is 10.7. The first-order valence-electron chi connectivity index (χ1n) is 8.21. The fourth-order valence-corrected chi connectivity index (χ4v) is 3.11. The molecule has 168 valence electrons. The lowest BCUT2D eigenvalue weighted by atomic mass is 10.1. The molecule has 0 saturated carbocycles. The molecule has 2 aromatic carbocycles. The number of halogens is 3. The molecule has 0 aromatic heterocycles. The van der Waals surface area contributed by atoms with Gasteiger partial charge in [0.05, 0.1) is 21.8 Å². The van der Waals surface area contributed by atoms with Gasteiger partial charge in [-0.25, -0.2) is 9.59 Å². The molecular formula is C18H15F2IO9S. The Morgan fingerprint density at radius 3 is 2.16 bits per heavy atom. The molecule has 2 aromatic rings. The second kappa shape index (κ2) is 9.74. The van der Waals surface area contributed by atoms with Gasteiger partial charge in [0.2, 0.25) is 0 Å². The SMILES string of the molecule is COc1cc(COC(=O)c2ccccc2C(=O)OCC(F)(F)S(=O)(=O)O)cc(I)c1O. The van der Waals surface area contributed by atoms with Gasteiger partial charge in [0.25, 0.3) is 0 Å². The number of phenols is 1. The summed E-state index contributed by atoms with van der Waals surface area (Å²) in [5, 5.41) is 5.12. The van der Waals surface area contributed by atoms with Gasteiger partial charge < -0.3 is 19.3 Å². The predicted molar refractivity (Wildman–Crippen MR) is 110 cm³/mol. The van der Waals surface area contributed by atoms with Gasteiger partial charge >= 0.3 is 27.3 Å². The van der Waals surface area contributed by atoms with E-state index in [0.717, 1.165) is 6.07 Å². The highest BCUT2D eigenvalue weighted by Crippen LogP contribution is 2.32. The second-order valence-electron chi connectivity index (χ2n) is 5.94. The zero-order valence-corrected chi connectivity index (χ0v) is 18.6. The minimum absolute atomic E-state index is 0.0898. The van der Waals surface area contributed by atoms with Crippen LogP contribution in [0.1, 0.15) is 26.3 Å². The van der Waals surface area contributed by atoms with Crippen LogP contribution >= 0.6 is 22.6 Å². The van der Waals surface area contributed by atoms with Crippen LogP contribution in [0.15, 0.2) is 36.4 Å². The van der Waals surface area contributed by atoms with E-state index in [9.17, 15) is 31.9 Å². The van der Waals surface area contributed by atoms with Gasteiger partial charge in [-0.05, 0) is 52.4 Å². The van der Waals surface area contributed by atoms with Crippen LogP contribution in [-0.4, -0.2) is 49.0 Å². The number of benzene rings is 2. The van der Waals surface area contributed by atoms with Crippen molar-refractivity contribution in [2.24, 2.45) is 0 Å². The van der Waals surface area contributed by atoms with E-state index in [1.54, 1.807) is 0 Å². The highest BCUT2D eigenvalue weighted by atomic mass is 127. The molecule has 0 heterocycles. The van der Waals surface area contributed by atoms with Crippen molar-refractivity contribution in [2.75, 3.05) is 13.7 Å². The molecule has 0 spiro atoms. The molecule has 9 nitrogen and oxygen atoms in total. The molecule has 2 N–H and O–H groups in total. The zero-order valence-electron chi connectivity index (χ0n) is 15.7. The summed E-state index contributed by atoms with van der Waals surface area (Å²) >= 11 is 1.85. The Bertz CT molecular complexity index is 1100. The van der Waals surface area contributed by atoms with Crippen molar-refractivity contribution in [1.82, 2.24) is 0 Å². The molecule has 0 fully saturated rings. The van der Waals surface area contributed by atoms with E-state index in [4.69, 9.17) is 14.0 Å². The Balaban J connectivity index is 2.15. The van der Waals surface area contributed by atoms with Gasteiger partial charge in [0.1, 0.15) is 6.61 Å². The number of ether oxygens (including phenoxy) is 3. The number of carbonyl (C=O) groups is 2. The number of phenolic OH excluding ortho intramolecular Hbond substituents is 1. The Kier molecular flexibility index (Phi) is 7.77. The number of esters is 2. The molecule has 0 aliphatic heterocycles. The smallest absolute Gasteiger partial charge is 0.402 e. The topological polar surface area (TPSA) is 136 Å². The fraction of sp³-hybridized carbons (Fsp3) is 0.222. The molecule has 2 rings (SSSR count). The number of hydrogen-bond acceptors (Lipinski definition) is 8. The Labute approximate surface area is 188 Å². The van der Waals surface area contributed by atoms with Crippen molar-refractivity contribution < 1.29 is 50.7 Å². The quantitative estimate of drug-likeness (QED) is 0.278. The van der Waals surface area contributed by atoms with Gasteiger partial charge in [-0.15, -0.1) is 0 Å². The van der Waals surface area contributed by atoms with E-state index in [2.05, 4.69) is 4.74 Å². The molecule has 0 aliphatic rings. The van der Waals surface area contributed by atoms with Gasteiger partial charge in [0, 0.05) is 0 Å². The molecular weight excluding hydrogens is 557 g/mol. The number of alkyl halides is 2. The number of aromatic hydroxyl groups is 1. The summed E-state index contributed by atoms with van der Waals surface area (Å²) in [4.78, 5) is 24.5. The summed E-state index contributed by atoms with van der Waals surface area (Å²) in [6.45, 7) is -2.21. The van der Waals surface area contributed by atoms with E-state index >= 15 is 0 Å². The maximum atomic E-state index is 13.3. The lowest BCUT2D eigenvalue weighted by Gasteiger charge is -2.14. The van der Waals surface area contributed by atoms with Crippen LogP contribution < -0.4 is 4.74 Å². The maximum Gasteiger partial charge on any atom is 0.402 e. The number of carbonyl (C=O) groups excluding carboxylic acids is 2. The van der Waals surface area contributed by atoms with Crippen molar-refractivity contribution in [1.29, 1.82) is 0 Å². The molecule has 0 bridgehead atoms. The lowest BCUT2D eigenvalue weighted by molar-refractivity contribution is -0.00969. The van der Waals surface area contributed by atoms with Crippen LogP contribution in [0.25, 0.3) is 0 Å². The molecule has 0 aliphatic carbocycles. The summed E-state index contributed by atoms with van der Waals surface area (Å²) in [5.41, 5.74) is -0.306. The maximum absolute atomic E-state index is 13.3. The van der Waals surface area contributed by atoms with Crippen molar-refractivity contribution in [3.05, 3.63) is 56.7 Å². The van der Waals surface area contributed by atoms with E-state index < -0.39 is 39.5 Å². The molecule has 0 atom stereocenters. The van der Waals surface area contributed by atoms with Crippen LogP contribution in [-0.2, 0) is 26.2 Å². The monoisotopic (exact) mass is 572 g/mol. The second-order valence-corrected chi connectivity index (χ2v) is 8.65. The average molecular weight is 572 g/mol. The molecule has 31 heavy (non-hydrogen) atoms. The standard InChI is InChI=1S/C18H15F2IO9S/c1-28-14-7-10(6-13(21)15(14)22)8-29-16(23)11-4-2-3-5-12(11)17(24)30-9-18(19,20)31(25,26)27/h2-7,22H,8-9H2,1H3,(H,25,26,27). The van der Waals surface area contributed by atoms with Gasteiger partial charge in [-0.1, -0.05) is 12.1 Å². The summed E-state index contributed by atoms with van der Waals surface area (Å²) < 4.78 is 71.0. The average Bonchev–Trinajstić information content (AvgIpc) is 2.71. The first kappa shape index (κ1) is 24.7. The molecule has 0 unspecified atom stereocenters. The third kappa shape index (κ3) is 6.01. The molecule has 13 heteroatoms. The Morgan fingerprint density at radius 1 is 1.10 bits per heavy atom. The summed E-state index contributed by atoms with van der Waals surface area (Å²) in [5.74, 6) is -2.34. The normalized spacial score (nSPS) is 11.6. The van der Waals surface area contributed by atoms with Crippen LogP contribution in [0.3, 0.4) is 0 Å². The highest BCUT2D eigenvalue weighted by molar-refractivity contribution is 14.1. The van der Waals surface area contributed by atoms with E-state index in [1.807, 2.05) is 22.6 Å². The summed E-state index contributed by atoms with van der Waals surface area (Å²) in [6.07, 6.45) is 0. The Hall–Kier alpha value is -2.52. The van der Waals surface area contributed by atoms with Crippen LogP contribution in [0.5, 0.6) is 11.5 Å². The zero-order chi connectivity index (χ0) is 23.4. The van der Waals surface area contributed by atoms with E-state index in [1.165, 1.54) is 37.4 Å². The summed E-state index contributed by atoms with van der Waals surface area (Å²) in [7, 11) is -4.45. The van der Waals surface area contributed by atoms with E-state index in [-0.39, 0.29) is 23.7 Å². The van der Waals surface area contributed by atoms with Crippen molar-refractivity contribution in [3.8, 4) is 11.5 Å². The number of rotatable bonds is 8. The Morgan fingerprint density at radius 2 is 1.65 bits per heavy atom. The minimum Gasteiger partial charge on any atom is -0.504 e. The van der Waals surface area contributed by atoms with E-state index in [0.29, 0.717) is 9.13 Å². The first-order chi connectivity index (χ1) is 14.4. The van der Waals surface area contributed by atoms with Gasteiger partial charge in [-0.2, -0.15) is 17.2 Å². The van der Waals surface area contributed by atoms with Crippen molar-refractivity contribution in [2.45, 2.75) is 11.9 Å². The van der Waals surface area contributed by atoms with Gasteiger partial charge in [-0.3, -0.25) is 4.55 Å². The molecule has 0 amide bonds.